The Kier molecular flexibility index (Phi) is 3.35. The summed E-state index contributed by atoms with van der Waals surface area (Å²) in [5.74, 6) is 0.431. The van der Waals surface area contributed by atoms with Crippen molar-refractivity contribution in [2.24, 2.45) is 0 Å². The van der Waals surface area contributed by atoms with Gasteiger partial charge in [-0.1, -0.05) is 0 Å². The van der Waals surface area contributed by atoms with Gasteiger partial charge in [0.15, 0.2) is 0 Å². The first-order chi connectivity index (χ1) is 6.49. The van der Waals surface area contributed by atoms with Crippen LogP contribution in [0.15, 0.2) is 6.20 Å². The number of aliphatic hydroxyl groups excluding tert-OH is 1. The summed E-state index contributed by atoms with van der Waals surface area (Å²) in [4.78, 5) is 0. The smallest absolute Gasteiger partial charge is 0.256 e. The minimum atomic E-state index is -0.443. The van der Waals surface area contributed by atoms with Crippen LogP contribution < -0.4 is 10.5 Å². The molecule has 3 N–H and O–H groups in total. The Morgan fingerprint density at radius 3 is 2.71 bits per heavy atom. The van der Waals surface area contributed by atoms with Crippen LogP contribution in [0.4, 0.5) is 5.69 Å². The summed E-state index contributed by atoms with van der Waals surface area (Å²) in [6.07, 6.45) is 1.26. The lowest BCUT2D eigenvalue weighted by Crippen LogP contribution is -2.12. The summed E-state index contributed by atoms with van der Waals surface area (Å²) >= 11 is 0. The molecule has 1 aromatic heterocycles. The molecule has 0 aliphatic rings. The van der Waals surface area contributed by atoms with Gasteiger partial charge in [-0.05, 0) is 20.8 Å². The maximum Gasteiger partial charge on any atom is 0.256 e. The van der Waals surface area contributed by atoms with Crippen LogP contribution in [-0.4, -0.2) is 27.1 Å². The van der Waals surface area contributed by atoms with Gasteiger partial charge in [-0.25, -0.2) is 0 Å². The number of rotatable bonds is 4. The van der Waals surface area contributed by atoms with Crippen LogP contribution in [0.2, 0.25) is 0 Å². The van der Waals surface area contributed by atoms with Crippen molar-refractivity contribution in [3.63, 3.8) is 0 Å². The van der Waals surface area contributed by atoms with E-state index < -0.39 is 6.10 Å². The first-order valence-corrected chi connectivity index (χ1v) is 4.66. The monoisotopic (exact) mass is 199 g/mol. The zero-order valence-electron chi connectivity index (χ0n) is 8.77. The van der Waals surface area contributed by atoms with Gasteiger partial charge in [0.1, 0.15) is 5.69 Å². The van der Waals surface area contributed by atoms with Crippen LogP contribution in [0, 0.1) is 0 Å². The second-order valence-corrected chi connectivity index (χ2v) is 3.63. The van der Waals surface area contributed by atoms with Crippen molar-refractivity contribution >= 4 is 5.69 Å². The number of hydrogen-bond donors (Lipinski definition) is 2. The summed E-state index contributed by atoms with van der Waals surface area (Å²) in [6, 6.07) is 0. The summed E-state index contributed by atoms with van der Waals surface area (Å²) in [7, 11) is 0. The zero-order valence-corrected chi connectivity index (χ0v) is 8.77. The van der Waals surface area contributed by atoms with E-state index in [-0.39, 0.29) is 6.10 Å². The van der Waals surface area contributed by atoms with Gasteiger partial charge < -0.3 is 15.6 Å². The van der Waals surface area contributed by atoms with Gasteiger partial charge in [-0.2, -0.15) is 0 Å². The summed E-state index contributed by atoms with van der Waals surface area (Å²) in [6.45, 7) is 5.94. The summed E-state index contributed by atoms with van der Waals surface area (Å²) in [5.41, 5.74) is 6.17. The Hall–Kier alpha value is -1.23. The fourth-order valence-electron chi connectivity index (χ4n) is 1.10. The quantitative estimate of drug-likeness (QED) is 0.746. The summed E-state index contributed by atoms with van der Waals surface area (Å²) < 4.78 is 6.95. The van der Waals surface area contributed by atoms with E-state index >= 15 is 0 Å². The number of hydrogen-bond acceptors (Lipinski definition) is 4. The Labute approximate surface area is 83.5 Å². The van der Waals surface area contributed by atoms with Gasteiger partial charge in [-0.15, -0.1) is 5.10 Å². The fourth-order valence-corrected chi connectivity index (χ4v) is 1.10. The fraction of sp³-hybridized carbons (Fsp3) is 0.667. The number of nitrogens with zero attached hydrogens (tertiary/aromatic N) is 2. The van der Waals surface area contributed by atoms with Crippen molar-refractivity contribution in [3.05, 3.63) is 6.20 Å². The third-order valence-electron chi connectivity index (χ3n) is 1.55. The minimum absolute atomic E-state index is 0.0483. The highest BCUT2D eigenvalue weighted by Crippen LogP contribution is 2.19. The van der Waals surface area contributed by atoms with Gasteiger partial charge in [0.25, 0.3) is 5.88 Å². The normalized spacial score (nSPS) is 13.2. The average molecular weight is 199 g/mol. The van der Waals surface area contributed by atoms with Gasteiger partial charge >= 0.3 is 0 Å². The lowest BCUT2D eigenvalue weighted by atomic mass is 10.4. The van der Waals surface area contributed by atoms with Gasteiger partial charge in [0, 0.05) is 0 Å². The number of nitrogens with two attached hydrogens (primary N) is 1. The molecule has 0 aliphatic heterocycles. The third-order valence-corrected chi connectivity index (χ3v) is 1.55. The standard InChI is InChI=1S/C9H17N3O2/c1-6(2)14-9-8(10)5-12(11-9)4-7(3)13/h5-7,13H,4,10H2,1-3H3. The molecule has 0 amide bonds. The average Bonchev–Trinajstić information content (AvgIpc) is 2.28. The van der Waals surface area contributed by atoms with Crippen LogP contribution in [0.5, 0.6) is 5.88 Å². The molecule has 80 valence electrons. The van der Waals surface area contributed by atoms with Crippen molar-refractivity contribution in [2.75, 3.05) is 5.73 Å². The number of anilines is 1. The number of aromatic nitrogens is 2. The Balaban J connectivity index is 2.72. The molecule has 0 aliphatic carbocycles. The molecule has 5 nitrogen and oxygen atoms in total. The molecular weight excluding hydrogens is 182 g/mol. The van der Waals surface area contributed by atoms with E-state index in [4.69, 9.17) is 15.6 Å². The van der Waals surface area contributed by atoms with E-state index in [1.807, 2.05) is 13.8 Å². The second kappa shape index (κ2) is 4.32. The Morgan fingerprint density at radius 1 is 1.57 bits per heavy atom. The molecule has 0 bridgehead atoms. The Bertz CT molecular complexity index is 294. The lowest BCUT2D eigenvalue weighted by Gasteiger charge is -2.06. The minimum Gasteiger partial charge on any atom is -0.472 e. The van der Waals surface area contributed by atoms with E-state index in [0.29, 0.717) is 18.1 Å². The third kappa shape index (κ3) is 2.92. The molecule has 0 aromatic carbocycles. The SMILES string of the molecule is CC(O)Cn1cc(N)c(OC(C)C)n1. The predicted octanol–water partition coefficient (Wildman–Crippen LogP) is 0.633. The van der Waals surface area contributed by atoms with Crippen molar-refractivity contribution in [1.82, 2.24) is 9.78 Å². The zero-order chi connectivity index (χ0) is 10.7. The molecule has 1 unspecified atom stereocenters. The van der Waals surface area contributed by atoms with E-state index in [1.165, 1.54) is 0 Å². The van der Waals surface area contributed by atoms with Gasteiger partial charge in [0.05, 0.1) is 24.9 Å². The number of aliphatic hydroxyl groups is 1. The maximum atomic E-state index is 9.15. The molecular formula is C9H17N3O2. The highest BCUT2D eigenvalue weighted by molar-refractivity contribution is 5.45. The van der Waals surface area contributed by atoms with Crippen LogP contribution in [0.3, 0.4) is 0 Å². The second-order valence-electron chi connectivity index (χ2n) is 3.63. The van der Waals surface area contributed by atoms with Crippen LogP contribution >= 0.6 is 0 Å². The molecule has 0 saturated heterocycles. The molecule has 5 heteroatoms. The van der Waals surface area contributed by atoms with Gasteiger partial charge in [0.2, 0.25) is 0 Å². The molecule has 0 radical (unpaired) electrons. The molecule has 1 heterocycles. The van der Waals surface area contributed by atoms with Crippen molar-refractivity contribution in [3.8, 4) is 5.88 Å². The van der Waals surface area contributed by atoms with Crippen LogP contribution in [0.25, 0.3) is 0 Å². The van der Waals surface area contributed by atoms with E-state index in [1.54, 1.807) is 17.8 Å². The Morgan fingerprint density at radius 2 is 2.21 bits per heavy atom. The largest absolute Gasteiger partial charge is 0.472 e. The highest BCUT2D eigenvalue weighted by Gasteiger charge is 2.09. The van der Waals surface area contributed by atoms with Crippen LogP contribution in [0.1, 0.15) is 20.8 Å². The van der Waals surface area contributed by atoms with Gasteiger partial charge in [-0.3, -0.25) is 4.68 Å². The number of nitrogen functional groups attached to an aromatic ring is 1. The van der Waals surface area contributed by atoms with Crippen LogP contribution in [-0.2, 0) is 6.54 Å². The first kappa shape index (κ1) is 10.8. The molecule has 14 heavy (non-hydrogen) atoms. The first-order valence-electron chi connectivity index (χ1n) is 4.66. The highest BCUT2D eigenvalue weighted by atomic mass is 16.5. The molecule has 1 rings (SSSR count). The van der Waals surface area contributed by atoms with Crippen molar-refractivity contribution < 1.29 is 9.84 Å². The molecule has 0 spiro atoms. The van der Waals surface area contributed by atoms with E-state index in [2.05, 4.69) is 5.10 Å². The van der Waals surface area contributed by atoms with Crippen molar-refractivity contribution in [2.45, 2.75) is 39.5 Å². The summed E-state index contributed by atoms with van der Waals surface area (Å²) in [5, 5.41) is 13.2. The topological polar surface area (TPSA) is 73.3 Å². The van der Waals surface area contributed by atoms with E-state index in [0.717, 1.165) is 0 Å². The number of ether oxygens (including phenoxy) is 1. The molecule has 0 saturated carbocycles. The van der Waals surface area contributed by atoms with E-state index in [9.17, 15) is 0 Å². The molecule has 1 aromatic rings. The molecule has 1 atom stereocenters. The maximum absolute atomic E-state index is 9.15. The van der Waals surface area contributed by atoms with Crippen molar-refractivity contribution in [1.29, 1.82) is 0 Å². The lowest BCUT2D eigenvalue weighted by molar-refractivity contribution is 0.166. The predicted molar refractivity (Wildman–Crippen MR) is 54.1 cm³/mol. The molecule has 0 fully saturated rings.